The van der Waals surface area contributed by atoms with Crippen molar-refractivity contribution in [3.8, 4) is 5.75 Å². The lowest BCUT2D eigenvalue weighted by molar-refractivity contribution is -0.125. The fraction of sp³-hybridized carbons (Fsp3) is 0.667. The van der Waals surface area contributed by atoms with E-state index >= 15 is 0 Å². The first-order chi connectivity index (χ1) is 12.7. The molecule has 0 saturated carbocycles. The summed E-state index contributed by atoms with van der Waals surface area (Å²) in [7, 11) is 1.68. The summed E-state index contributed by atoms with van der Waals surface area (Å²) < 4.78 is 11.0. The Hall–Kier alpha value is -1.59. The Morgan fingerprint density at radius 1 is 1.27 bits per heavy atom. The summed E-state index contributed by atoms with van der Waals surface area (Å²) in [6.07, 6.45) is 5.00. The van der Waals surface area contributed by atoms with Gasteiger partial charge in [-0.05, 0) is 49.9 Å². The monoisotopic (exact) mass is 360 g/mol. The summed E-state index contributed by atoms with van der Waals surface area (Å²) in [5.41, 5.74) is 1.27. The maximum Gasteiger partial charge on any atom is 0.222 e. The van der Waals surface area contributed by atoms with E-state index in [1.165, 1.54) is 12.0 Å². The predicted molar refractivity (Wildman–Crippen MR) is 103 cm³/mol. The molecule has 1 aromatic carbocycles. The minimum absolute atomic E-state index is 0.0938. The highest BCUT2D eigenvalue weighted by atomic mass is 16.5. The van der Waals surface area contributed by atoms with Crippen LogP contribution in [0.1, 0.15) is 50.5 Å². The molecular formula is C21H32N2O3. The molecule has 0 aliphatic carbocycles. The van der Waals surface area contributed by atoms with Gasteiger partial charge < -0.3 is 19.7 Å². The number of carbonyl (C=O) groups is 1. The van der Waals surface area contributed by atoms with E-state index in [9.17, 15) is 4.79 Å². The van der Waals surface area contributed by atoms with Gasteiger partial charge in [0.2, 0.25) is 5.91 Å². The first-order valence-corrected chi connectivity index (χ1v) is 9.97. The number of likely N-dealkylation sites (tertiary alicyclic amines) is 1. The topological polar surface area (TPSA) is 50.8 Å². The lowest BCUT2D eigenvalue weighted by atomic mass is 9.94. The van der Waals surface area contributed by atoms with Crippen LogP contribution in [0, 0.1) is 0 Å². The zero-order chi connectivity index (χ0) is 18.4. The Morgan fingerprint density at radius 2 is 2.08 bits per heavy atom. The average molecular weight is 360 g/mol. The second kappa shape index (κ2) is 9.38. The van der Waals surface area contributed by atoms with Gasteiger partial charge in [0.05, 0.1) is 19.6 Å². The smallest absolute Gasteiger partial charge is 0.222 e. The number of hydrogen-bond donors (Lipinski definition) is 1. The average Bonchev–Trinajstić information content (AvgIpc) is 3.05. The van der Waals surface area contributed by atoms with Crippen molar-refractivity contribution in [3.63, 3.8) is 0 Å². The minimum atomic E-state index is 0.0938. The lowest BCUT2D eigenvalue weighted by Crippen LogP contribution is -2.41. The number of amides is 1. The number of carbonyl (C=O) groups excluding carboxylic acids is 1. The fourth-order valence-electron chi connectivity index (χ4n) is 4.16. The van der Waals surface area contributed by atoms with Gasteiger partial charge in [0.15, 0.2) is 0 Å². The molecule has 5 heteroatoms. The minimum Gasteiger partial charge on any atom is -0.497 e. The molecule has 0 radical (unpaired) electrons. The molecule has 5 nitrogen and oxygen atoms in total. The molecule has 2 heterocycles. The van der Waals surface area contributed by atoms with Crippen molar-refractivity contribution >= 4 is 5.91 Å². The van der Waals surface area contributed by atoms with E-state index < -0.39 is 0 Å². The molecule has 144 valence electrons. The van der Waals surface area contributed by atoms with Gasteiger partial charge >= 0.3 is 0 Å². The largest absolute Gasteiger partial charge is 0.497 e. The molecule has 1 unspecified atom stereocenters. The summed E-state index contributed by atoms with van der Waals surface area (Å²) in [6, 6.07) is 8.43. The van der Waals surface area contributed by atoms with Gasteiger partial charge in [-0.3, -0.25) is 4.79 Å². The van der Waals surface area contributed by atoms with Crippen molar-refractivity contribution in [1.82, 2.24) is 10.2 Å². The molecule has 1 aromatic rings. The first kappa shape index (κ1) is 19.2. The maximum atomic E-state index is 12.6. The Bertz CT molecular complexity index is 569. The summed E-state index contributed by atoms with van der Waals surface area (Å²) in [5, 5.41) is 3.30. The van der Waals surface area contributed by atoms with Crippen LogP contribution < -0.4 is 10.1 Å². The second-order valence-electron chi connectivity index (χ2n) is 7.51. The third-order valence-corrected chi connectivity index (χ3v) is 5.51. The van der Waals surface area contributed by atoms with Gasteiger partial charge in [-0.15, -0.1) is 0 Å². The van der Waals surface area contributed by atoms with Crippen LogP contribution >= 0.6 is 0 Å². The van der Waals surface area contributed by atoms with E-state index in [1.54, 1.807) is 7.11 Å². The molecule has 2 saturated heterocycles. The van der Waals surface area contributed by atoms with E-state index in [2.05, 4.69) is 29.3 Å². The van der Waals surface area contributed by atoms with Crippen molar-refractivity contribution in [2.45, 2.75) is 57.1 Å². The van der Waals surface area contributed by atoms with Crippen molar-refractivity contribution in [3.05, 3.63) is 29.8 Å². The zero-order valence-electron chi connectivity index (χ0n) is 16.1. The number of methoxy groups -OCH3 is 1. The Labute approximate surface area is 157 Å². The van der Waals surface area contributed by atoms with Crippen LogP contribution in [0.5, 0.6) is 5.75 Å². The quantitative estimate of drug-likeness (QED) is 0.812. The molecule has 1 N–H and O–H groups in total. The summed E-state index contributed by atoms with van der Waals surface area (Å²) in [4.78, 5) is 15.0. The van der Waals surface area contributed by atoms with Crippen LogP contribution in [0.3, 0.4) is 0 Å². The number of ether oxygens (including phenoxy) is 2. The SMILES string of the molecule is CCCN1C[C@H](NC(=O)CC2CCCCO2)[C@@H](c2ccc(OC)cc2)C1. The van der Waals surface area contributed by atoms with Crippen LogP contribution in [0.2, 0.25) is 0 Å². The second-order valence-corrected chi connectivity index (χ2v) is 7.51. The number of rotatable bonds is 7. The van der Waals surface area contributed by atoms with E-state index in [0.717, 1.165) is 51.3 Å². The summed E-state index contributed by atoms with van der Waals surface area (Å²) >= 11 is 0. The third kappa shape index (κ3) is 4.98. The first-order valence-electron chi connectivity index (χ1n) is 9.97. The number of nitrogens with one attached hydrogen (secondary N) is 1. The predicted octanol–water partition coefficient (Wildman–Crippen LogP) is 2.95. The molecule has 0 bridgehead atoms. The van der Waals surface area contributed by atoms with Crippen molar-refractivity contribution in [1.29, 1.82) is 0 Å². The van der Waals surface area contributed by atoms with Crippen molar-refractivity contribution in [2.75, 3.05) is 33.4 Å². The zero-order valence-corrected chi connectivity index (χ0v) is 16.1. The van der Waals surface area contributed by atoms with Crippen LogP contribution in [0.15, 0.2) is 24.3 Å². The molecule has 1 amide bonds. The molecule has 0 spiro atoms. The molecular weight excluding hydrogens is 328 g/mol. The van der Waals surface area contributed by atoms with Gasteiger partial charge in [0, 0.05) is 31.7 Å². The van der Waals surface area contributed by atoms with Crippen LogP contribution in [0.25, 0.3) is 0 Å². The van der Waals surface area contributed by atoms with E-state index in [-0.39, 0.29) is 18.1 Å². The van der Waals surface area contributed by atoms with Crippen molar-refractivity contribution in [2.24, 2.45) is 0 Å². The normalized spacial score (nSPS) is 26.6. The lowest BCUT2D eigenvalue weighted by Gasteiger charge is -2.24. The molecule has 2 aliphatic rings. The van der Waals surface area contributed by atoms with Crippen LogP contribution in [-0.4, -0.2) is 56.3 Å². The van der Waals surface area contributed by atoms with Gasteiger partial charge in [-0.25, -0.2) is 0 Å². The summed E-state index contributed by atoms with van der Waals surface area (Å²) in [6.45, 7) is 5.98. The van der Waals surface area contributed by atoms with Gasteiger partial charge in [0.1, 0.15) is 5.75 Å². The van der Waals surface area contributed by atoms with E-state index in [4.69, 9.17) is 9.47 Å². The highest BCUT2D eigenvalue weighted by Gasteiger charge is 2.34. The highest BCUT2D eigenvalue weighted by Crippen LogP contribution is 2.29. The summed E-state index contributed by atoms with van der Waals surface area (Å²) in [5.74, 6) is 1.31. The standard InChI is InChI=1S/C21H32N2O3/c1-3-11-23-14-19(16-7-9-17(25-2)10-8-16)20(15-23)22-21(24)13-18-6-4-5-12-26-18/h7-10,18-20H,3-6,11-15H2,1-2H3,(H,22,24)/t18?,19-,20+/m1/s1. The number of hydrogen-bond acceptors (Lipinski definition) is 4. The Kier molecular flexibility index (Phi) is 6.92. The third-order valence-electron chi connectivity index (χ3n) is 5.51. The van der Waals surface area contributed by atoms with Gasteiger partial charge in [-0.2, -0.15) is 0 Å². The van der Waals surface area contributed by atoms with Gasteiger partial charge in [-0.1, -0.05) is 19.1 Å². The number of nitrogens with zero attached hydrogens (tertiary/aromatic N) is 1. The van der Waals surface area contributed by atoms with Crippen molar-refractivity contribution < 1.29 is 14.3 Å². The fourth-order valence-corrected chi connectivity index (χ4v) is 4.16. The Balaban J connectivity index is 1.63. The van der Waals surface area contributed by atoms with Crippen LogP contribution in [0.4, 0.5) is 0 Å². The molecule has 2 aliphatic heterocycles. The molecule has 0 aromatic heterocycles. The van der Waals surface area contributed by atoms with Crippen LogP contribution in [-0.2, 0) is 9.53 Å². The molecule has 2 fully saturated rings. The maximum absolute atomic E-state index is 12.6. The molecule has 3 rings (SSSR count). The number of benzene rings is 1. The van der Waals surface area contributed by atoms with Gasteiger partial charge in [0.25, 0.3) is 0 Å². The highest BCUT2D eigenvalue weighted by molar-refractivity contribution is 5.77. The van der Waals surface area contributed by atoms with E-state index in [0.29, 0.717) is 12.3 Å². The Morgan fingerprint density at radius 3 is 2.73 bits per heavy atom. The molecule has 26 heavy (non-hydrogen) atoms. The van der Waals surface area contributed by atoms with E-state index in [1.807, 2.05) is 12.1 Å². The molecule has 3 atom stereocenters.